The zero-order valence-corrected chi connectivity index (χ0v) is 10.5. The van der Waals surface area contributed by atoms with Crippen LogP contribution in [0.4, 0.5) is 0 Å². The number of nitrogens with zero attached hydrogens (tertiary/aromatic N) is 2. The van der Waals surface area contributed by atoms with E-state index in [2.05, 4.69) is 0 Å². The fourth-order valence-electron chi connectivity index (χ4n) is 2.07. The molecule has 18 heavy (non-hydrogen) atoms. The predicted molar refractivity (Wildman–Crippen MR) is 66.0 cm³/mol. The predicted octanol–water partition coefficient (Wildman–Crippen LogP) is 0.234. The summed E-state index contributed by atoms with van der Waals surface area (Å²) in [7, 11) is 3.29. The van der Waals surface area contributed by atoms with Crippen molar-refractivity contribution in [2.45, 2.75) is 12.5 Å². The summed E-state index contributed by atoms with van der Waals surface area (Å²) in [6.07, 6.45) is 0.464. The highest BCUT2D eigenvalue weighted by molar-refractivity contribution is 5.94. The Morgan fingerprint density at radius 1 is 1.22 bits per heavy atom. The SMILES string of the molecule is CN1CC(=O)N(C)[C@@H](Cc2ccc(O)cc2)C1=O. The first-order valence-electron chi connectivity index (χ1n) is 5.77. The summed E-state index contributed by atoms with van der Waals surface area (Å²) in [4.78, 5) is 26.7. The smallest absolute Gasteiger partial charge is 0.245 e. The minimum atomic E-state index is -0.458. The van der Waals surface area contributed by atoms with E-state index in [1.807, 2.05) is 0 Å². The van der Waals surface area contributed by atoms with Gasteiger partial charge in [0.25, 0.3) is 0 Å². The van der Waals surface area contributed by atoms with Crippen LogP contribution in [0.15, 0.2) is 24.3 Å². The summed E-state index contributed by atoms with van der Waals surface area (Å²) in [6, 6.07) is 6.22. The first-order chi connectivity index (χ1) is 8.49. The third-order valence-electron chi connectivity index (χ3n) is 3.26. The molecule has 1 aromatic rings. The average Bonchev–Trinajstić information content (AvgIpc) is 2.34. The number of aromatic hydroxyl groups is 1. The molecule has 1 heterocycles. The van der Waals surface area contributed by atoms with Crippen LogP contribution in [0.5, 0.6) is 5.75 Å². The molecule has 2 rings (SSSR count). The van der Waals surface area contributed by atoms with Crippen molar-refractivity contribution in [3.05, 3.63) is 29.8 Å². The van der Waals surface area contributed by atoms with Gasteiger partial charge in [0.1, 0.15) is 11.8 Å². The van der Waals surface area contributed by atoms with E-state index in [-0.39, 0.29) is 24.1 Å². The number of carbonyl (C=O) groups is 2. The molecule has 1 aliphatic heterocycles. The molecule has 5 heteroatoms. The molecule has 0 saturated carbocycles. The highest BCUT2D eigenvalue weighted by Gasteiger charge is 2.35. The first kappa shape index (κ1) is 12.4. The number of phenolic OH excluding ortho intramolecular Hbond substituents is 1. The maximum Gasteiger partial charge on any atom is 0.245 e. The molecule has 0 radical (unpaired) electrons. The maximum atomic E-state index is 12.0. The Bertz CT molecular complexity index is 470. The Hall–Kier alpha value is -2.04. The molecule has 5 nitrogen and oxygen atoms in total. The minimum absolute atomic E-state index is 0.0508. The van der Waals surface area contributed by atoms with E-state index in [0.717, 1.165) is 5.56 Å². The molecule has 0 bridgehead atoms. The van der Waals surface area contributed by atoms with Crippen molar-refractivity contribution in [1.82, 2.24) is 9.80 Å². The number of rotatable bonds is 2. The first-order valence-corrected chi connectivity index (χ1v) is 5.77. The molecule has 0 unspecified atom stereocenters. The summed E-state index contributed by atoms with van der Waals surface area (Å²) in [6.45, 7) is 0.140. The molecule has 1 N–H and O–H groups in total. The average molecular weight is 248 g/mol. The van der Waals surface area contributed by atoms with Gasteiger partial charge < -0.3 is 14.9 Å². The Kier molecular flexibility index (Phi) is 3.23. The lowest BCUT2D eigenvalue weighted by Gasteiger charge is -2.36. The van der Waals surface area contributed by atoms with Crippen LogP contribution in [0, 0.1) is 0 Å². The van der Waals surface area contributed by atoms with Crippen molar-refractivity contribution in [1.29, 1.82) is 0 Å². The molecule has 1 aliphatic rings. The fourth-order valence-corrected chi connectivity index (χ4v) is 2.07. The van der Waals surface area contributed by atoms with E-state index in [1.54, 1.807) is 38.4 Å². The van der Waals surface area contributed by atoms with Gasteiger partial charge in [-0.3, -0.25) is 9.59 Å². The lowest BCUT2D eigenvalue weighted by molar-refractivity contribution is -0.152. The number of likely N-dealkylation sites (N-methyl/N-ethyl adjacent to an activating group) is 2. The van der Waals surface area contributed by atoms with E-state index in [4.69, 9.17) is 0 Å². The molecular weight excluding hydrogens is 232 g/mol. The van der Waals surface area contributed by atoms with Gasteiger partial charge >= 0.3 is 0 Å². The molecule has 0 aliphatic carbocycles. The van der Waals surface area contributed by atoms with E-state index in [1.165, 1.54) is 9.80 Å². The van der Waals surface area contributed by atoms with Crippen molar-refractivity contribution in [3.63, 3.8) is 0 Å². The van der Waals surface area contributed by atoms with Crippen molar-refractivity contribution in [2.75, 3.05) is 20.6 Å². The van der Waals surface area contributed by atoms with Gasteiger partial charge in [0.2, 0.25) is 11.8 Å². The highest BCUT2D eigenvalue weighted by atomic mass is 16.3. The maximum absolute atomic E-state index is 12.0. The largest absolute Gasteiger partial charge is 0.508 e. The molecule has 1 saturated heterocycles. The van der Waals surface area contributed by atoms with Gasteiger partial charge in [0, 0.05) is 20.5 Å². The van der Waals surface area contributed by atoms with Crippen LogP contribution in [0.2, 0.25) is 0 Å². The summed E-state index contributed by atoms with van der Waals surface area (Å²) in [5, 5.41) is 9.21. The van der Waals surface area contributed by atoms with Crippen molar-refractivity contribution < 1.29 is 14.7 Å². The second-order valence-electron chi connectivity index (χ2n) is 4.59. The van der Waals surface area contributed by atoms with Crippen molar-refractivity contribution >= 4 is 11.8 Å². The van der Waals surface area contributed by atoms with Gasteiger partial charge in [-0.25, -0.2) is 0 Å². The summed E-state index contributed by atoms with van der Waals surface area (Å²) in [5.74, 6) is 0.0846. The van der Waals surface area contributed by atoms with Gasteiger partial charge in [-0.15, -0.1) is 0 Å². The van der Waals surface area contributed by atoms with Gasteiger partial charge in [-0.2, -0.15) is 0 Å². The zero-order chi connectivity index (χ0) is 13.3. The van der Waals surface area contributed by atoms with Crippen LogP contribution in [-0.4, -0.2) is 53.4 Å². The van der Waals surface area contributed by atoms with Gasteiger partial charge in [0.15, 0.2) is 0 Å². The van der Waals surface area contributed by atoms with Crippen LogP contribution in [0.1, 0.15) is 5.56 Å². The molecule has 1 atom stereocenters. The Balaban J connectivity index is 2.17. The molecule has 96 valence electrons. The second kappa shape index (κ2) is 4.68. The standard InChI is InChI=1S/C13H16N2O3/c1-14-8-12(17)15(2)11(13(14)18)7-9-3-5-10(16)6-4-9/h3-6,11,16H,7-8H2,1-2H3/t11-/m0/s1. The Morgan fingerprint density at radius 3 is 2.44 bits per heavy atom. The molecule has 1 fully saturated rings. The van der Waals surface area contributed by atoms with E-state index in [0.29, 0.717) is 6.42 Å². The fraction of sp³-hybridized carbons (Fsp3) is 0.385. The van der Waals surface area contributed by atoms with E-state index in [9.17, 15) is 14.7 Å². The highest BCUT2D eigenvalue weighted by Crippen LogP contribution is 2.17. The minimum Gasteiger partial charge on any atom is -0.508 e. The van der Waals surface area contributed by atoms with Crippen LogP contribution in [0.3, 0.4) is 0 Å². The monoisotopic (exact) mass is 248 g/mol. The number of benzene rings is 1. The van der Waals surface area contributed by atoms with Gasteiger partial charge in [-0.05, 0) is 17.7 Å². The van der Waals surface area contributed by atoms with Crippen LogP contribution < -0.4 is 0 Å². The van der Waals surface area contributed by atoms with Crippen molar-refractivity contribution in [2.24, 2.45) is 0 Å². The zero-order valence-electron chi connectivity index (χ0n) is 10.5. The third kappa shape index (κ3) is 2.30. The molecule has 1 aromatic carbocycles. The Labute approximate surface area is 106 Å². The molecule has 0 spiro atoms. The second-order valence-corrected chi connectivity index (χ2v) is 4.59. The van der Waals surface area contributed by atoms with Crippen LogP contribution in [-0.2, 0) is 16.0 Å². The molecule has 2 amide bonds. The Morgan fingerprint density at radius 2 is 1.83 bits per heavy atom. The quantitative estimate of drug-likeness (QED) is 0.815. The number of amides is 2. The molecular formula is C13H16N2O3. The van der Waals surface area contributed by atoms with Crippen LogP contribution >= 0.6 is 0 Å². The number of hydrogen-bond donors (Lipinski definition) is 1. The molecule has 0 aromatic heterocycles. The lowest BCUT2D eigenvalue weighted by atomic mass is 10.0. The number of phenols is 1. The van der Waals surface area contributed by atoms with Crippen LogP contribution in [0.25, 0.3) is 0 Å². The van der Waals surface area contributed by atoms with Crippen molar-refractivity contribution in [3.8, 4) is 5.75 Å². The number of piperazine rings is 1. The van der Waals surface area contributed by atoms with Gasteiger partial charge in [0.05, 0.1) is 6.54 Å². The lowest BCUT2D eigenvalue weighted by Crippen LogP contribution is -2.57. The summed E-state index contributed by atoms with van der Waals surface area (Å²) in [5.41, 5.74) is 0.918. The topological polar surface area (TPSA) is 60.9 Å². The normalized spacial score (nSPS) is 20.4. The number of hydrogen-bond acceptors (Lipinski definition) is 3. The summed E-state index contributed by atoms with van der Waals surface area (Å²) >= 11 is 0. The number of carbonyl (C=O) groups excluding carboxylic acids is 2. The summed E-state index contributed by atoms with van der Waals surface area (Å²) < 4.78 is 0. The van der Waals surface area contributed by atoms with E-state index < -0.39 is 6.04 Å². The van der Waals surface area contributed by atoms with E-state index >= 15 is 0 Å². The van der Waals surface area contributed by atoms with Gasteiger partial charge in [-0.1, -0.05) is 12.1 Å². The third-order valence-corrected chi connectivity index (χ3v) is 3.26.